The lowest BCUT2D eigenvalue weighted by molar-refractivity contribution is 0.794. The molecule has 396 valence electrons. The van der Waals surface area contributed by atoms with E-state index in [0.717, 1.165) is 16.9 Å². The summed E-state index contributed by atoms with van der Waals surface area (Å²) < 4.78 is 0. The van der Waals surface area contributed by atoms with Crippen molar-refractivity contribution in [2.45, 2.75) is 5.41 Å². The first-order valence-electron chi connectivity index (χ1n) is 30.1. The molecule has 0 radical (unpaired) electrons. The molecule has 0 unspecified atom stereocenters. The molecule has 2 heterocycles. The lowest BCUT2D eigenvalue weighted by Gasteiger charge is -2.45. The minimum Gasteiger partial charge on any atom is -0.311 e. The molecule has 0 saturated carbocycles. The van der Waals surface area contributed by atoms with Crippen LogP contribution in [0.2, 0.25) is 0 Å². The molecule has 19 rings (SSSR count). The number of rotatable bonds is 5. The molecular weight excluding hydrogens is 1040 g/mol. The number of fused-ring (bicyclic) bond motifs is 18. The van der Waals surface area contributed by atoms with Gasteiger partial charge in [0, 0.05) is 34.1 Å². The van der Waals surface area contributed by atoms with Gasteiger partial charge in [-0.2, -0.15) is 0 Å². The van der Waals surface area contributed by atoms with E-state index in [1.807, 2.05) is 0 Å². The molecule has 15 aromatic rings. The number of benzene rings is 15. The molecule has 15 aromatic carbocycles. The van der Waals surface area contributed by atoms with Gasteiger partial charge in [0.25, 0.3) is 6.71 Å². The normalized spacial score (nSPS) is 13.6. The van der Waals surface area contributed by atoms with E-state index in [4.69, 9.17) is 0 Å². The predicted octanol–water partition coefficient (Wildman–Crippen LogP) is 19.7. The average molecular weight is 1090 g/mol. The quantitative estimate of drug-likeness (QED) is 0.125. The van der Waals surface area contributed by atoms with E-state index in [-0.39, 0.29) is 6.71 Å². The van der Waals surface area contributed by atoms with Gasteiger partial charge in [-0.15, -0.1) is 0 Å². The maximum absolute atomic E-state index is 2.60. The number of hydrogen-bond acceptors (Lipinski definition) is 2. The van der Waals surface area contributed by atoms with Gasteiger partial charge < -0.3 is 9.80 Å². The highest BCUT2D eigenvalue weighted by atomic mass is 15.2. The van der Waals surface area contributed by atoms with Crippen molar-refractivity contribution in [3.05, 3.63) is 332 Å². The molecular formula is C83H51BN2. The van der Waals surface area contributed by atoms with E-state index in [0.29, 0.717) is 0 Å². The molecule has 2 nitrogen and oxygen atoms in total. The molecule has 2 aliphatic carbocycles. The van der Waals surface area contributed by atoms with Crippen LogP contribution in [0.5, 0.6) is 0 Å². The first-order chi connectivity index (χ1) is 42.6. The monoisotopic (exact) mass is 1090 g/mol. The van der Waals surface area contributed by atoms with Gasteiger partial charge in [0.2, 0.25) is 0 Å². The van der Waals surface area contributed by atoms with Crippen LogP contribution in [0.3, 0.4) is 0 Å². The van der Waals surface area contributed by atoms with Gasteiger partial charge in [0.15, 0.2) is 0 Å². The van der Waals surface area contributed by atoms with E-state index in [9.17, 15) is 0 Å². The zero-order chi connectivity index (χ0) is 56.2. The fourth-order valence-electron chi connectivity index (χ4n) is 15.7. The van der Waals surface area contributed by atoms with Crippen LogP contribution in [-0.2, 0) is 5.41 Å². The Morgan fingerprint density at radius 1 is 0.221 bits per heavy atom. The predicted molar refractivity (Wildman–Crippen MR) is 363 cm³/mol. The average Bonchev–Trinajstić information content (AvgIpc) is 1.48. The summed E-state index contributed by atoms with van der Waals surface area (Å²) in [6.07, 6.45) is 0. The standard InChI is InChI=1S/C83H51BN2/c1-3-17-52(18-4-1)54-31-36-66(37-32-54)85-78-48-63-43-58-23-9-7-21-56(58)41-61(63)46-76(78)84-77-47-62-42-57-22-8-10-24-59(57)44-64(62)49-79(77)86(67-38-33-55(34-39-67)53-19-5-2-6-20-53)81-51-65(50-80(85)82(81)84)60-35-40-71-70-27-13-16-30-74(70)83(75(71)45-60)72-28-14-11-25-68(72)69-26-12-15-29-73(69)83/h1-51H. The lowest BCUT2D eigenvalue weighted by Crippen LogP contribution is -2.61. The van der Waals surface area contributed by atoms with Gasteiger partial charge in [0.05, 0.1) is 5.41 Å². The molecule has 3 heteroatoms. The molecule has 0 bridgehead atoms. The van der Waals surface area contributed by atoms with Crippen LogP contribution in [0, 0.1) is 0 Å². The molecule has 0 N–H and O–H groups in total. The third-order valence-corrected chi connectivity index (χ3v) is 19.5. The molecule has 0 amide bonds. The third-order valence-electron chi connectivity index (χ3n) is 19.5. The maximum atomic E-state index is 2.60. The Balaban J connectivity index is 0.924. The van der Waals surface area contributed by atoms with Crippen LogP contribution in [0.4, 0.5) is 34.1 Å². The Morgan fingerprint density at radius 3 is 1.00 bits per heavy atom. The second-order valence-corrected chi connectivity index (χ2v) is 23.9. The number of anilines is 6. The van der Waals surface area contributed by atoms with Crippen molar-refractivity contribution in [2.24, 2.45) is 0 Å². The Kier molecular flexibility index (Phi) is 9.94. The largest absolute Gasteiger partial charge is 0.311 e. The van der Waals surface area contributed by atoms with Gasteiger partial charge >= 0.3 is 0 Å². The first-order valence-corrected chi connectivity index (χ1v) is 30.1. The van der Waals surface area contributed by atoms with Crippen molar-refractivity contribution in [3.63, 3.8) is 0 Å². The van der Waals surface area contributed by atoms with Gasteiger partial charge in [-0.3, -0.25) is 0 Å². The highest BCUT2D eigenvalue weighted by Crippen LogP contribution is 2.63. The topological polar surface area (TPSA) is 6.48 Å². The van der Waals surface area contributed by atoms with Crippen molar-refractivity contribution in [2.75, 3.05) is 9.80 Å². The second kappa shape index (κ2) is 18.0. The van der Waals surface area contributed by atoms with E-state index < -0.39 is 5.41 Å². The summed E-state index contributed by atoms with van der Waals surface area (Å²) >= 11 is 0. The van der Waals surface area contributed by atoms with Crippen LogP contribution in [0.15, 0.2) is 309 Å². The van der Waals surface area contributed by atoms with Crippen LogP contribution >= 0.6 is 0 Å². The van der Waals surface area contributed by atoms with E-state index in [2.05, 4.69) is 319 Å². The Hall–Kier alpha value is -11.0. The van der Waals surface area contributed by atoms with E-state index in [1.165, 1.54) is 155 Å². The summed E-state index contributed by atoms with van der Waals surface area (Å²) in [5.74, 6) is 0. The third kappa shape index (κ3) is 6.74. The summed E-state index contributed by atoms with van der Waals surface area (Å²) in [5.41, 5.74) is 28.0. The first kappa shape index (κ1) is 47.5. The SMILES string of the molecule is c1ccc(-c2ccc(N3c4cc5cc6ccccc6cc5cc4B4c5cc6cc7ccccc7cc6cc5N(c5ccc(-c6ccccc6)cc5)c5cc(-c6ccc7c(c6)C6(c8ccccc8-c8ccccc86)c6ccccc6-7)cc3c54)cc2)cc1. The fourth-order valence-corrected chi connectivity index (χ4v) is 15.7. The molecule has 0 atom stereocenters. The highest BCUT2D eigenvalue weighted by Gasteiger charge is 2.52. The van der Waals surface area contributed by atoms with Crippen LogP contribution in [0.1, 0.15) is 22.3 Å². The van der Waals surface area contributed by atoms with Crippen molar-refractivity contribution in [3.8, 4) is 55.6 Å². The van der Waals surface area contributed by atoms with Gasteiger partial charge in [-0.1, -0.05) is 231 Å². The van der Waals surface area contributed by atoms with Crippen molar-refractivity contribution >= 4 is 100 Å². The summed E-state index contributed by atoms with van der Waals surface area (Å²) in [4.78, 5) is 5.20. The summed E-state index contributed by atoms with van der Waals surface area (Å²) in [5, 5.41) is 9.86. The molecule has 2 aliphatic heterocycles. The van der Waals surface area contributed by atoms with Gasteiger partial charge in [0.1, 0.15) is 0 Å². The molecule has 86 heavy (non-hydrogen) atoms. The van der Waals surface area contributed by atoms with Crippen molar-refractivity contribution < 1.29 is 0 Å². The van der Waals surface area contributed by atoms with Gasteiger partial charge in [-0.05, 0) is 216 Å². The molecule has 0 fully saturated rings. The minimum atomic E-state index is -0.490. The van der Waals surface area contributed by atoms with E-state index in [1.54, 1.807) is 0 Å². The molecule has 0 aromatic heterocycles. The summed E-state index contributed by atoms with van der Waals surface area (Å²) in [6, 6.07) is 117. The summed E-state index contributed by atoms with van der Waals surface area (Å²) in [7, 11) is 0. The Labute approximate surface area is 499 Å². The second-order valence-electron chi connectivity index (χ2n) is 23.9. The summed E-state index contributed by atoms with van der Waals surface area (Å²) in [6.45, 7) is -0.116. The van der Waals surface area contributed by atoms with E-state index >= 15 is 0 Å². The van der Waals surface area contributed by atoms with Crippen molar-refractivity contribution in [1.29, 1.82) is 0 Å². The maximum Gasteiger partial charge on any atom is 0.252 e. The highest BCUT2D eigenvalue weighted by molar-refractivity contribution is 7.00. The van der Waals surface area contributed by atoms with Crippen molar-refractivity contribution in [1.82, 2.24) is 0 Å². The molecule has 1 spiro atoms. The smallest absolute Gasteiger partial charge is 0.252 e. The van der Waals surface area contributed by atoms with Gasteiger partial charge in [-0.25, -0.2) is 0 Å². The molecule has 4 aliphatic rings. The Morgan fingerprint density at radius 2 is 0.570 bits per heavy atom. The molecule has 0 saturated heterocycles. The lowest BCUT2D eigenvalue weighted by atomic mass is 9.33. The minimum absolute atomic E-state index is 0.116. The zero-order valence-corrected chi connectivity index (χ0v) is 46.9. The van der Waals surface area contributed by atoms with Crippen LogP contribution < -0.4 is 26.2 Å². The van der Waals surface area contributed by atoms with Crippen LogP contribution in [0.25, 0.3) is 98.7 Å². The number of nitrogens with zero attached hydrogens (tertiary/aromatic N) is 2. The zero-order valence-electron chi connectivity index (χ0n) is 46.9. The van der Waals surface area contributed by atoms with Crippen LogP contribution in [-0.4, -0.2) is 6.71 Å². The number of hydrogen-bond donors (Lipinski definition) is 0. The fraction of sp³-hybridized carbons (Fsp3) is 0.0120. The Bertz CT molecular complexity index is 5060.